The van der Waals surface area contributed by atoms with E-state index in [9.17, 15) is 18.3 Å². The summed E-state index contributed by atoms with van der Waals surface area (Å²) in [6.07, 6.45) is -5.16. The number of methoxy groups -OCH3 is 1. The number of aromatic hydroxyl groups is 1. The summed E-state index contributed by atoms with van der Waals surface area (Å²) in [5.41, 5.74) is 0.491. The maximum atomic E-state index is 12.6. The Morgan fingerprint density at radius 1 is 1.32 bits per heavy atom. The van der Waals surface area contributed by atoms with Crippen molar-refractivity contribution < 1.29 is 23.0 Å². The lowest BCUT2D eigenvalue weighted by molar-refractivity contribution is -0.138. The van der Waals surface area contributed by atoms with Crippen molar-refractivity contribution >= 4 is 0 Å². The molecule has 0 bridgehead atoms. The molecule has 0 radical (unpaired) electrons. The molecule has 0 amide bonds. The Kier molecular flexibility index (Phi) is 5.52. The molecule has 1 fully saturated rings. The van der Waals surface area contributed by atoms with Gasteiger partial charge >= 0.3 is 6.18 Å². The fourth-order valence-electron chi connectivity index (χ4n) is 2.76. The number of nitrogens with one attached hydrogen (secondary N) is 1. The average molecular weight is 318 g/mol. The smallest absolute Gasteiger partial charge is 0.389 e. The highest BCUT2D eigenvalue weighted by Gasteiger charge is 2.32. The predicted octanol–water partition coefficient (Wildman–Crippen LogP) is 2.69. The van der Waals surface area contributed by atoms with Gasteiger partial charge in [0, 0.05) is 44.2 Å². The van der Waals surface area contributed by atoms with Crippen LogP contribution in [0.1, 0.15) is 24.4 Å². The van der Waals surface area contributed by atoms with E-state index in [1.807, 2.05) is 4.90 Å². The number of hydrogen-bond acceptors (Lipinski definition) is 4. The van der Waals surface area contributed by atoms with Crippen molar-refractivity contribution in [3.05, 3.63) is 23.8 Å². The van der Waals surface area contributed by atoms with E-state index in [4.69, 9.17) is 4.74 Å². The first-order valence-corrected chi connectivity index (χ1v) is 7.29. The second-order valence-corrected chi connectivity index (χ2v) is 5.38. The molecule has 1 aliphatic rings. The maximum Gasteiger partial charge on any atom is 0.389 e. The van der Waals surface area contributed by atoms with Gasteiger partial charge in [0.25, 0.3) is 0 Å². The van der Waals surface area contributed by atoms with E-state index in [1.165, 1.54) is 13.2 Å². The zero-order valence-electron chi connectivity index (χ0n) is 12.5. The SMILES string of the molecule is COc1ccc(O)c([C@H](CCC(F)(F)F)N2CCNCC2)c1. The Bertz CT molecular complexity index is 488. The maximum absolute atomic E-state index is 12.6. The lowest BCUT2D eigenvalue weighted by atomic mass is 9.98. The Balaban J connectivity index is 2.25. The minimum atomic E-state index is -4.21. The second kappa shape index (κ2) is 7.19. The number of ether oxygens (including phenoxy) is 1. The quantitative estimate of drug-likeness (QED) is 0.876. The van der Waals surface area contributed by atoms with Crippen LogP contribution in [0.5, 0.6) is 11.5 Å². The van der Waals surface area contributed by atoms with Crippen LogP contribution < -0.4 is 10.1 Å². The third kappa shape index (κ3) is 4.51. The van der Waals surface area contributed by atoms with Crippen LogP contribution in [0.15, 0.2) is 18.2 Å². The molecular weight excluding hydrogens is 297 g/mol. The van der Waals surface area contributed by atoms with Crippen molar-refractivity contribution in [1.82, 2.24) is 10.2 Å². The summed E-state index contributed by atoms with van der Waals surface area (Å²) in [7, 11) is 1.49. The summed E-state index contributed by atoms with van der Waals surface area (Å²) < 4.78 is 43.0. The van der Waals surface area contributed by atoms with Crippen LogP contribution >= 0.6 is 0 Å². The predicted molar refractivity (Wildman–Crippen MR) is 77.1 cm³/mol. The van der Waals surface area contributed by atoms with E-state index < -0.39 is 18.6 Å². The first kappa shape index (κ1) is 16.9. The molecule has 22 heavy (non-hydrogen) atoms. The van der Waals surface area contributed by atoms with Crippen LogP contribution in [0.3, 0.4) is 0 Å². The van der Waals surface area contributed by atoms with Crippen molar-refractivity contribution in [2.24, 2.45) is 0 Å². The summed E-state index contributed by atoms with van der Waals surface area (Å²) in [6, 6.07) is 4.21. The van der Waals surface area contributed by atoms with Crippen LogP contribution in [0.2, 0.25) is 0 Å². The highest BCUT2D eigenvalue weighted by Crippen LogP contribution is 2.37. The zero-order chi connectivity index (χ0) is 16.2. The molecule has 0 unspecified atom stereocenters. The number of halogens is 3. The Morgan fingerprint density at radius 2 is 2.00 bits per heavy atom. The molecule has 1 aromatic rings. The first-order chi connectivity index (χ1) is 10.4. The molecule has 1 atom stereocenters. The molecule has 7 heteroatoms. The van der Waals surface area contributed by atoms with Crippen molar-refractivity contribution in [3.63, 3.8) is 0 Å². The van der Waals surface area contributed by atoms with Crippen LogP contribution in [0.4, 0.5) is 13.2 Å². The highest BCUT2D eigenvalue weighted by atomic mass is 19.4. The van der Waals surface area contributed by atoms with Crippen molar-refractivity contribution in [3.8, 4) is 11.5 Å². The fourth-order valence-corrected chi connectivity index (χ4v) is 2.76. The summed E-state index contributed by atoms with van der Waals surface area (Å²) in [5.74, 6) is 0.534. The minimum Gasteiger partial charge on any atom is -0.508 e. The first-order valence-electron chi connectivity index (χ1n) is 7.29. The lowest BCUT2D eigenvalue weighted by Gasteiger charge is -2.35. The van der Waals surface area contributed by atoms with Gasteiger partial charge in [-0.1, -0.05) is 0 Å². The molecule has 1 heterocycles. The summed E-state index contributed by atoms with van der Waals surface area (Å²) >= 11 is 0. The van der Waals surface area contributed by atoms with Gasteiger partial charge in [-0.05, 0) is 24.6 Å². The number of rotatable bonds is 5. The Hall–Kier alpha value is -1.47. The van der Waals surface area contributed by atoms with Crippen LogP contribution in [-0.2, 0) is 0 Å². The summed E-state index contributed by atoms with van der Waals surface area (Å²) in [4.78, 5) is 1.98. The van der Waals surface area contributed by atoms with E-state index in [0.29, 0.717) is 24.4 Å². The molecule has 1 aromatic carbocycles. The van der Waals surface area contributed by atoms with Crippen molar-refractivity contribution in [1.29, 1.82) is 0 Å². The molecule has 0 aromatic heterocycles. The molecule has 0 saturated carbocycles. The van der Waals surface area contributed by atoms with E-state index in [1.54, 1.807) is 12.1 Å². The van der Waals surface area contributed by atoms with Gasteiger partial charge in [0.05, 0.1) is 7.11 Å². The van der Waals surface area contributed by atoms with E-state index >= 15 is 0 Å². The summed E-state index contributed by atoms with van der Waals surface area (Å²) in [6.45, 7) is 2.76. The Labute approximate surface area is 127 Å². The molecule has 0 spiro atoms. The third-order valence-electron chi connectivity index (χ3n) is 3.89. The van der Waals surface area contributed by atoms with E-state index in [2.05, 4.69) is 5.32 Å². The van der Waals surface area contributed by atoms with Gasteiger partial charge in [-0.2, -0.15) is 13.2 Å². The molecule has 2 rings (SSSR count). The average Bonchev–Trinajstić information content (AvgIpc) is 2.49. The summed E-state index contributed by atoms with van der Waals surface area (Å²) in [5, 5.41) is 13.3. The van der Waals surface area contributed by atoms with Gasteiger partial charge in [0.2, 0.25) is 0 Å². The number of benzene rings is 1. The Morgan fingerprint density at radius 3 is 2.59 bits per heavy atom. The number of phenols is 1. The molecule has 2 N–H and O–H groups in total. The highest BCUT2D eigenvalue weighted by molar-refractivity contribution is 5.41. The normalized spacial score (nSPS) is 18.2. The molecule has 1 aliphatic heterocycles. The van der Waals surface area contributed by atoms with Gasteiger partial charge in [0.15, 0.2) is 0 Å². The van der Waals surface area contributed by atoms with E-state index in [-0.39, 0.29) is 12.2 Å². The lowest BCUT2D eigenvalue weighted by Crippen LogP contribution is -2.45. The number of piperazine rings is 1. The van der Waals surface area contributed by atoms with Gasteiger partial charge in [-0.25, -0.2) is 0 Å². The van der Waals surface area contributed by atoms with Gasteiger partial charge < -0.3 is 15.2 Å². The minimum absolute atomic E-state index is 0.00603. The number of phenolic OH excluding ortho intramolecular Hbond substituents is 1. The van der Waals surface area contributed by atoms with E-state index in [0.717, 1.165) is 13.1 Å². The van der Waals surface area contributed by atoms with Gasteiger partial charge in [-0.15, -0.1) is 0 Å². The number of alkyl halides is 3. The topological polar surface area (TPSA) is 44.7 Å². The second-order valence-electron chi connectivity index (χ2n) is 5.38. The van der Waals surface area contributed by atoms with Crippen LogP contribution in [0.25, 0.3) is 0 Å². The monoisotopic (exact) mass is 318 g/mol. The molecule has 124 valence electrons. The number of nitrogens with zero attached hydrogens (tertiary/aromatic N) is 1. The van der Waals surface area contributed by atoms with Crippen LogP contribution in [0, 0.1) is 0 Å². The van der Waals surface area contributed by atoms with Gasteiger partial charge in [-0.3, -0.25) is 4.90 Å². The molecule has 4 nitrogen and oxygen atoms in total. The standard InChI is InChI=1S/C15H21F3N2O2/c1-22-11-2-3-14(21)12(10-11)13(4-5-15(16,17)18)20-8-6-19-7-9-20/h2-3,10,13,19,21H,4-9H2,1H3/t13-/m0/s1. The van der Waals surface area contributed by atoms with Crippen molar-refractivity contribution in [2.45, 2.75) is 25.1 Å². The van der Waals surface area contributed by atoms with Crippen LogP contribution in [-0.4, -0.2) is 49.5 Å². The fraction of sp³-hybridized carbons (Fsp3) is 0.600. The molecular formula is C15H21F3N2O2. The zero-order valence-corrected chi connectivity index (χ0v) is 12.5. The molecule has 1 saturated heterocycles. The largest absolute Gasteiger partial charge is 0.508 e. The van der Waals surface area contributed by atoms with Gasteiger partial charge in [0.1, 0.15) is 11.5 Å². The molecule has 0 aliphatic carbocycles. The number of hydrogen-bond donors (Lipinski definition) is 2. The third-order valence-corrected chi connectivity index (χ3v) is 3.89. The van der Waals surface area contributed by atoms with Crippen molar-refractivity contribution in [2.75, 3.05) is 33.3 Å².